The predicted octanol–water partition coefficient (Wildman–Crippen LogP) is 3.15. The highest BCUT2D eigenvalue weighted by atomic mass is 79.9. The molecule has 1 rings (SSSR count). The van der Waals surface area contributed by atoms with Crippen molar-refractivity contribution in [1.29, 1.82) is 0 Å². The Balaban J connectivity index is 2.58. The Kier molecular flexibility index (Phi) is 5.22. The van der Waals surface area contributed by atoms with Crippen LogP contribution in [-0.2, 0) is 0 Å². The van der Waals surface area contributed by atoms with Crippen LogP contribution >= 0.6 is 15.9 Å². The number of nitrogens with zero attached hydrogens (tertiary/aromatic N) is 1. The molecule has 2 N–H and O–H groups in total. The van der Waals surface area contributed by atoms with E-state index in [9.17, 15) is 4.39 Å². The van der Waals surface area contributed by atoms with E-state index < -0.39 is 0 Å². The highest BCUT2D eigenvalue weighted by Gasteiger charge is 2.07. The zero-order chi connectivity index (χ0) is 12.1. The summed E-state index contributed by atoms with van der Waals surface area (Å²) in [6.45, 7) is 2.80. The maximum atomic E-state index is 13.5. The molecule has 1 atom stereocenters. The maximum absolute atomic E-state index is 13.5. The smallest absolute Gasteiger partial charge is 0.146 e. The van der Waals surface area contributed by atoms with Crippen LogP contribution in [0.4, 0.5) is 10.1 Å². The van der Waals surface area contributed by atoms with Crippen molar-refractivity contribution in [2.75, 3.05) is 18.5 Å². The minimum Gasteiger partial charge on any atom is -0.372 e. The second kappa shape index (κ2) is 6.21. The van der Waals surface area contributed by atoms with Gasteiger partial charge in [0, 0.05) is 24.1 Å². The molecule has 0 heterocycles. The zero-order valence-corrected chi connectivity index (χ0v) is 11.3. The lowest BCUT2D eigenvalue weighted by molar-refractivity contribution is 0.602. The predicted molar refractivity (Wildman–Crippen MR) is 70.3 cm³/mol. The van der Waals surface area contributed by atoms with E-state index in [0.717, 1.165) is 23.9 Å². The first-order chi connectivity index (χ1) is 7.50. The summed E-state index contributed by atoms with van der Waals surface area (Å²) in [6.07, 6.45) is 1.93. The molecular formula is C12H18BrFN2. The minimum absolute atomic E-state index is 0.188. The lowest BCUT2D eigenvalue weighted by Gasteiger charge is -2.20. The van der Waals surface area contributed by atoms with E-state index >= 15 is 0 Å². The molecule has 0 aromatic heterocycles. The standard InChI is InChI=1S/C12H18BrFN2/c1-9(15)4-3-7-16(2)12-8-10(13)5-6-11(12)14/h5-6,8-9H,3-4,7,15H2,1-2H3. The van der Waals surface area contributed by atoms with Crippen molar-refractivity contribution in [3.05, 3.63) is 28.5 Å². The Morgan fingerprint density at radius 3 is 2.81 bits per heavy atom. The average Bonchev–Trinajstić information content (AvgIpc) is 2.21. The summed E-state index contributed by atoms with van der Waals surface area (Å²) in [4.78, 5) is 1.92. The molecule has 0 bridgehead atoms. The molecule has 0 saturated carbocycles. The third-order valence-electron chi connectivity index (χ3n) is 2.47. The minimum atomic E-state index is -0.188. The molecule has 0 radical (unpaired) electrons. The van der Waals surface area contributed by atoms with Gasteiger partial charge in [-0.2, -0.15) is 0 Å². The van der Waals surface area contributed by atoms with Crippen molar-refractivity contribution in [2.24, 2.45) is 5.73 Å². The third-order valence-corrected chi connectivity index (χ3v) is 2.97. The molecule has 1 unspecified atom stereocenters. The first kappa shape index (κ1) is 13.5. The van der Waals surface area contributed by atoms with E-state index in [2.05, 4.69) is 15.9 Å². The summed E-state index contributed by atoms with van der Waals surface area (Å²) in [5.41, 5.74) is 6.30. The van der Waals surface area contributed by atoms with Gasteiger partial charge in [-0.1, -0.05) is 15.9 Å². The molecular weight excluding hydrogens is 271 g/mol. The average molecular weight is 289 g/mol. The normalized spacial score (nSPS) is 12.6. The van der Waals surface area contributed by atoms with Gasteiger partial charge in [0.1, 0.15) is 5.82 Å². The largest absolute Gasteiger partial charge is 0.372 e. The lowest BCUT2D eigenvalue weighted by Crippen LogP contribution is -2.22. The van der Waals surface area contributed by atoms with Crippen LogP contribution in [0.1, 0.15) is 19.8 Å². The Morgan fingerprint density at radius 2 is 2.19 bits per heavy atom. The van der Waals surface area contributed by atoms with Crippen molar-refractivity contribution in [2.45, 2.75) is 25.8 Å². The number of anilines is 1. The van der Waals surface area contributed by atoms with Gasteiger partial charge in [0.2, 0.25) is 0 Å². The highest BCUT2D eigenvalue weighted by molar-refractivity contribution is 9.10. The molecule has 0 fully saturated rings. The Hall–Kier alpha value is -0.610. The quantitative estimate of drug-likeness (QED) is 0.902. The summed E-state index contributed by atoms with van der Waals surface area (Å²) < 4.78 is 14.4. The van der Waals surface area contributed by atoms with E-state index in [1.807, 2.05) is 18.9 Å². The highest BCUT2D eigenvalue weighted by Crippen LogP contribution is 2.23. The molecule has 0 aliphatic carbocycles. The van der Waals surface area contributed by atoms with Crippen LogP contribution in [0.15, 0.2) is 22.7 Å². The molecule has 0 amide bonds. The fourth-order valence-electron chi connectivity index (χ4n) is 1.55. The third kappa shape index (κ3) is 4.10. The van der Waals surface area contributed by atoms with Crippen LogP contribution in [0.25, 0.3) is 0 Å². The molecule has 16 heavy (non-hydrogen) atoms. The van der Waals surface area contributed by atoms with Crippen molar-refractivity contribution in [3.63, 3.8) is 0 Å². The lowest BCUT2D eigenvalue weighted by atomic mass is 10.2. The molecule has 0 aliphatic heterocycles. The second-order valence-electron chi connectivity index (χ2n) is 4.14. The topological polar surface area (TPSA) is 29.3 Å². The van der Waals surface area contributed by atoms with Gasteiger partial charge in [-0.25, -0.2) is 4.39 Å². The van der Waals surface area contributed by atoms with E-state index in [4.69, 9.17) is 5.73 Å². The summed E-state index contributed by atoms with van der Waals surface area (Å²) >= 11 is 3.34. The molecule has 4 heteroatoms. The summed E-state index contributed by atoms with van der Waals surface area (Å²) in [5, 5.41) is 0. The molecule has 1 aromatic rings. The number of halogens is 2. The van der Waals surface area contributed by atoms with Gasteiger partial charge in [0.05, 0.1) is 5.69 Å². The van der Waals surface area contributed by atoms with Crippen LogP contribution in [0.5, 0.6) is 0 Å². The van der Waals surface area contributed by atoms with Gasteiger partial charge < -0.3 is 10.6 Å². The van der Waals surface area contributed by atoms with E-state index in [1.54, 1.807) is 12.1 Å². The molecule has 1 aromatic carbocycles. The van der Waals surface area contributed by atoms with Crippen LogP contribution < -0.4 is 10.6 Å². The number of nitrogens with two attached hydrogens (primary N) is 1. The van der Waals surface area contributed by atoms with E-state index in [-0.39, 0.29) is 11.9 Å². The summed E-state index contributed by atoms with van der Waals surface area (Å²) in [7, 11) is 1.89. The Morgan fingerprint density at radius 1 is 1.50 bits per heavy atom. The van der Waals surface area contributed by atoms with Gasteiger partial charge in [-0.05, 0) is 38.0 Å². The molecule has 2 nitrogen and oxygen atoms in total. The van der Waals surface area contributed by atoms with E-state index in [1.165, 1.54) is 6.07 Å². The van der Waals surface area contributed by atoms with Gasteiger partial charge >= 0.3 is 0 Å². The molecule has 0 aliphatic rings. The Labute approximate surface area is 105 Å². The Bertz CT molecular complexity index is 342. The monoisotopic (exact) mass is 288 g/mol. The van der Waals surface area contributed by atoms with Crippen molar-refractivity contribution < 1.29 is 4.39 Å². The van der Waals surface area contributed by atoms with Gasteiger partial charge in [0.25, 0.3) is 0 Å². The van der Waals surface area contributed by atoms with E-state index in [0.29, 0.717) is 5.69 Å². The van der Waals surface area contributed by atoms with Gasteiger partial charge in [-0.3, -0.25) is 0 Å². The van der Waals surface area contributed by atoms with Crippen LogP contribution in [-0.4, -0.2) is 19.6 Å². The van der Waals surface area contributed by atoms with Crippen molar-refractivity contribution in [3.8, 4) is 0 Å². The van der Waals surface area contributed by atoms with Gasteiger partial charge in [0.15, 0.2) is 0 Å². The molecule has 0 saturated heterocycles. The van der Waals surface area contributed by atoms with Crippen molar-refractivity contribution >= 4 is 21.6 Å². The zero-order valence-electron chi connectivity index (χ0n) is 9.71. The van der Waals surface area contributed by atoms with Crippen LogP contribution in [0.3, 0.4) is 0 Å². The fraction of sp³-hybridized carbons (Fsp3) is 0.500. The molecule has 0 spiro atoms. The molecule has 90 valence electrons. The fourth-order valence-corrected chi connectivity index (χ4v) is 1.90. The number of rotatable bonds is 5. The SMILES string of the molecule is CC(N)CCCN(C)c1cc(Br)ccc1F. The maximum Gasteiger partial charge on any atom is 0.146 e. The first-order valence-corrected chi connectivity index (χ1v) is 6.21. The van der Waals surface area contributed by atoms with Crippen LogP contribution in [0.2, 0.25) is 0 Å². The van der Waals surface area contributed by atoms with Crippen molar-refractivity contribution in [1.82, 2.24) is 0 Å². The summed E-state index contributed by atoms with van der Waals surface area (Å²) in [5.74, 6) is -0.188. The van der Waals surface area contributed by atoms with Gasteiger partial charge in [-0.15, -0.1) is 0 Å². The first-order valence-electron chi connectivity index (χ1n) is 5.42. The number of hydrogen-bond donors (Lipinski definition) is 1. The second-order valence-corrected chi connectivity index (χ2v) is 5.05. The summed E-state index contributed by atoms with van der Waals surface area (Å²) in [6, 6.07) is 5.18. The number of hydrogen-bond acceptors (Lipinski definition) is 2. The number of benzene rings is 1. The van der Waals surface area contributed by atoms with Crippen LogP contribution in [0, 0.1) is 5.82 Å².